The zero-order chi connectivity index (χ0) is 13.3. The first-order chi connectivity index (χ1) is 8.50. The fraction of sp³-hybridized carbons (Fsp3) is 0.0714. The van der Waals surface area contributed by atoms with Crippen molar-refractivity contribution in [2.45, 2.75) is 6.92 Å². The Morgan fingerprint density at radius 2 is 1.78 bits per heavy atom. The van der Waals surface area contributed by atoms with Crippen LogP contribution in [-0.2, 0) is 9.53 Å². The molecule has 0 radical (unpaired) electrons. The van der Waals surface area contributed by atoms with Crippen LogP contribution in [0.3, 0.4) is 0 Å². The van der Waals surface area contributed by atoms with Gasteiger partial charge in [-0.05, 0) is 6.92 Å². The lowest BCUT2D eigenvalue weighted by Gasteiger charge is -2.14. The van der Waals surface area contributed by atoms with Gasteiger partial charge in [0.05, 0.1) is 0 Å². The molecule has 1 aromatic carbocycles. The molecule has 0 N–H and O–H groups in total. The van der Waals surface area contributed by atoms with Crippen LogP contribution in [0.4, 0.5) is 0 Å². The zero-order valence-corrected chi connectivity index (χ0v) is 9.73. The van der Waals surface area contributed by atoms with Gasteiger partial charge in [-0.25, -0.2) is 4.79 Å². The number of benzene rings is 1. The van der Waals surface area contributed by atoms with Crippen LogP contribution < -0.4 is 0 Å². The van der Waals surface area contributed by atoms with Gasteiger partial charge in [0.1, 0.15) is 0 Å². The monoisotopic (exact) mass is 242 g/mol. The van der Waals surface area contributed by atoms with Crippen LogP contribution >= 0.6 is 0 Å². The van der Waals surface area contributed by atoms with E-state index in [1.807, 2.05) is 0 Å². The molecule has 0 unspecified atom stereocenters. The van der Waals surface area contributed by atoms with E-state index in [4.69, 9.17) is 4.74 Å². The maximum atomic E-state index is 12.0. The topological polar surface area (TPSA) is 60.4 Å². The Morgan fingerprint density at radius 1 is 1.17 bits per heavy atom. The molecule has 0 saturated carbocycles. The molecule has 0 amide bonds. The summed E-state index contributed by atoms with van der Waals surface area (Å²) >= 11 is 0. The first-order valence-electron chi connectivity index (χ1n) is 5.28. The van der Waals surface area contributed by atoms with Crippen LogP contribution in [0, 0.1) is 0 Å². The number of esters is 1. The number of ketones is 2. The van der Waals surface area contributed by atoms with Crippen molar-refractivity contribution >= 4 is 17.5 Å². The van der Waals surface area contributed by atoms with E-state index >= 15 is 0 Å². The molecule has 1 aliphatic rings. The smallest absolute Gasteiger partial charge is 0.338 e. The number of ether oxygens (including phenoxy) is 1. The molecule has 1 aromatic rings. The van der Waals surface area contributed by atoms with E-state index in [1.54, 1.807) is 18.2 Å². The molecule has 4 nitrogen and oxygen atoms in total. The van der Waals surface area contributed by atoms with Crippen molar-refractivity contribution in [2.24, 2.45) is 0 Å². The largest absolute Gasteiger partial charge is 0.419 e. The van der Waals surface area contributed by atoms with Gasteiger partial charge < -0.3 is 4.74 Å². The van der Waals surface area contributed by atoms with Gasteiger partial charge in [-0.3, -0.25) is 9.59 Å². The van der Waals surface area contributed by atoms with E-state index in [9.17, 15) is 14.4 Å². The quantitative estimate of drug-likeness (QED) is 0.588. The Morgan fingerprint density at radius 3 is 2.39 bits per heavy atom. The van der Waals surface area contributed by atoms with E-state index in [0.29, 0.717) is 5.56 Å². The van der Waals surface area contributed by atoms with Gasteiger partial charge in [0, 0.05) is 22.8 Å². The fourth-order valence-electron chi connectivity index (χ4n) is 1.55. The Labute approximate surface area is 104 Å². The highest BCUT2D eigenvalue weighted by Crippen LogP contribution is 2.22. The molecule has 1 aliphatic carbocycles. The maximum Gasteiger partial charge on any atom is 0.338 e. The predicted molar refractivity (Wildman–Crippen MR) is 64.1 cm³/mol. The molecule has 0 atom stereocenters. The summed E-state index contributed by atoms with van der Waals surface area (Å²) < 4.78 is 4.84. The Kier molecular flexibility index (Phi) is 2.93. The summed E-state index contributed by atoms with van der Waals surface area (Å²) in [5.41, 5.74) is 0.724. The Bertz CT molecular complexity index is 608. The van der Waals surface area contributed by atoms with Crippen LogP contribution in [0.1, 0.15) is 27.6 Å². The summed E-state index contributed by atoms with van der Waals surface area (Å²) in [5.74, 6) is -1.80. The van der Waals surface area contributed by atoms with Gasteiger partial charge in [0.15, 0.2) is 11.5 Å². The average molecular weight is 242 g/mol. The molecule has 18 heavy (non-hydrogen) atoms. The third kappa shape index (κ3) is 2.00. The van der Waals surface area contributed by atoms with Crippen LogP contribution in [0.2, 0.25) is 0 Å². The summed E-state index contributed by atoms with van der Waals surface area (Å²) in [4.78, 5) is 35.1. The average Bonchev–Trinajstić information content (AvgIpc) is 2.35. The van der Waals surface area contributed by atoms with E-state index in [-0.39, 0.29) is 22.7 Å². The van der Waals surface area contributed by atoms with E-state index in [2.05, 4.69) is 6.58 Å². The Balaban J connectivity index is 2.37. The molecule has 0 heterocycles. The summed E-state index contributed by atoms with van der Waals surface area (Å²) in [6.07, 6.45) is 1.03. The normalized spacial score (nSPS) is 13.7. The lowest BCUT2D eigenvalue weighted by molar-refractivity contribution is -0.134. The van der Waals surface area contributed by atoms with Crippen LogP contribution in [0.15, 0.2) is 48.3 Å². The molecular formula is C14H10O4. The van der Waals surface area contributed by atoms with Gasteiger partial charge >= 0.3 is 5.97 Å². The second kappa shape index (κ2) is 4.41. The summed E-state index contributed by atoms with van der Waals surface area (Å²) in [6, 6.07) is 6.40. The second-order valence-electron chi connectivity index (χ2n) is 3.92. The first kappa shape index (κ1) is 12.0. The summed E-state index contributed by atoms with van der Waals surface area (Å²) in [6.45, 7) is 4.88. The minimum absolute atomic E-state index is 0.162. The summed E-state index contributed by atoms with van der Waals surface area (Å²) in [7, 11) is 0. The summed E-state index contributed by atoms with van der Waals surface area (Å²) in [5, 5.41) is 0. The number of rotatable bonds is 2. The van der Waals surface area contributed by atoms with Gasteiger partial charge in [0.25, 0.3) is 0 Å². The van der Waals surface area contributed by atoms with Crippen LogP contribution in [0.25, 0.3) is 0 Å². The lowest BCUT2D eigenvalue weighted by Crippen LogP contribution is -2.20. The number of allylic oxidation sites excluding steroid dienone is 2. The van der Waals surface area contributed by atoms with Crippen molar-refractivity contribution < 1.29 is 19.1 Å². The van der Waals surface area contributed by atoms with Crippen molar-refractivity contribution in [3.8, 4) is 0 Å². The predicted octanol–water partition coefficient (Wildman–Crippen LogP) is 2.07. The molecule has 4 heteroatoms. The molecule has 0 aliphatic heterocycles. The highest BCUT2D eigenvalue weighted by molar-refractivity contribution is 6.24. The third-order valence-electron chi connectivity index (χ3n) is 2.47. The van der Waals surface area contributed by atoms with Crippen molar-refractivity contribution in [3.63, 3.8) is 0 Å². The van der Waals surface area contributed by atoms with Gasteiger partial charge in [-0.2, -0.15) is 0 Å². The number of carbonyl (C=O) groups is 3. The van der Waals surface area contributed by atoms with Crippen molar-refractivity contribution in [1.29, 1.82) is 0 Å². The highest BCUT2D eigenvalue weighted by Gasteiger charge is 2.27. The van der Waals surface area contributed by atoms with Crippen molar-refractivity contribution in [3.05, 3.63) is 59.4 Å². The molecule has 0 aromatic heterocycles. The first-order valence-corrected chi connectivity index (χ1v) is 5.28. The molecule has 0 saturated heterocycles. The lowest BCUT2D eigenvalue weighted by atomic mass is 9.94. The van der Waals surface area contributed by atoms with E-state index < -0.39 is 11.8 Å². The SMILES string of the molecule is C=C(C)C(=O)OC1=CC(=O)c2ccccc2C1=O. The second-order valence-corrected chi connectivity index (χ2v) is 3.92. The minimum atomic E-state index is -0.721. The maximum absolute atomic E-state index is 12.0. The van der Waals surface area contributed by atoms with Gasteiger partial charge in [0.2, 0.25) is 5.78 Å². The van der Waals surface area contributed by atoms with Gasteiger partial charge in [-0.15, -0.1) is 0 Å². The molecule has 90 valence electrons. The molecule has 2 rings (SSSR count). The minimum Gasteiger partial charge on any atom is -0.419 e. The number of carbonyl (C=O) groups excluding carboxylic acids is 3. The molecular weight excluding hydrogens is 232 g/mol. The van der Waals surface area contributed by atoms with Crippen molar-refractivity contribution in [2.75, 3.05) is 0 Å². The Hall–Kier alpha value is -2.49. The van der Waals surface area contributed by atoms with Gasteiger partial charge in [-0.1, -0.05) is 30.8 Å². The molecule has 0 fully saturated rings. The number of hydrogen-bond donors (Lipinski definition) is 0. The van der Waals surface area contributed by atoms with Crippen molar-refractivity contribution in [1.82, 2.24) is 0 Å². The third-order valence-corrected chi connectivity index (χ3v) is 2.47. The number of fused-ring (bicyclic) bond motifs is 1. The standard InChI is InChI=1S/C14H10O4/c1-8(2)14(17)18-12-7-11(15)9-5-3-4-6-10(9)13(12)16/h3-7H,1H2,2H3. The molecule has 0 spiro atoms. The van der Waals surface area contributed by atoms with E-state index in [0.717, 1.165) is 6.08 Å². The van der Waals surface area contributed by atoms with Crippen LogP contribution in [0.5, 0.6) is 0 Å². The molecule has 0 bridgehead atoms. The number of Topliss-reactive ketones (excluding diaryl/α,β-unsaturated/α-hetero) is 1. The van der Waals surface area contributed by atoms with E-state index in [1.165, 1.54) is 13.0 Å². The zero-order valence-electron chi connectivity index (χ0n) is 9.73. The number of hydrogen-bond acceptors (Lipinski definition) is 4. The fourth-order valence-corrected chi connectivity index (χ4v) is 1.55. The highest BCUT2D eigenvalue weighted by atomic mass is 16.5. The van der Waals surface area contributed by atoms with Crippen LogP contribution in [-0.4, -0.2) is 17.5 Å².